The molecular formula is C21H32N2O5. The third-order valence-corrected chi connectivity index (χ3v) is 4.23. The summed E-state index contributed by atoms with van der Waals surface area (Å²) < 4.78 is 9.86. The van der Waals surface area contributed by atoms with Crippen LogP contribution in [0.3, 0.4) is 0 Å². The highest BCUT2D eigenvalue weighted by atomic mass is 16.5. The van der Waals surface area contributed by atoms with Gasteiger partial charge in [0.1, 0.15) is 12.6 Å². The lowest BCUT2D eigenvalue weighted by atomic mass is 10.1. The summed E-state index contributed by atoms with van der Waals surface area (Å²) in [5.74, 6) is -0.554. The first-order chi connectivity index (χ1) is 13.6. The van der Waals surface area contributed by atoms with Gasteiger partial charge >= 0.3 is 12.1 Å². The zero-order valence-electron chi connectivity index (χ0n) is 16.9. The molecule has 0 bridgehead atoms. The molecule has 0 unspecified atom stereocenters. The van der Waals surface area contributed by atoms with Crippen LogP contribution >= 0.6 is 0 Å². The van der Waals surface area contributed by atoms with Gasteiger partial charge in [-0.15, -0.1) is 0 Å². The molecule has 7 nitrogen and oxygen atoms in total. The van der Waals surface area contributed by atoms with E-state index >= 15 is 0 Å². The van der Waals surface area contributed by atoms with Gasteiger partial charge in [-0.05, 0) is 24.8 Å². The third-order valence-electron chi connectivity index (χ3n) is 4.23. The van der Waals surface area contributed by atoms with Crippen molar-refractivity contribution in [1.29, 1.82) is 0 Å². The minimum atomic E-state index is -0.571. The second-order valence-electron chi connectivity index (χ2n) is 6.58. The fourth-order valence-corrected chi connectivity index (χ4v) is 2.62. The highest BCUT2D eigenvalue weighted by molar-refractivity contribution is 5.84. The number of ether oxygens (including phenoxy) is 2. The summed E-state index contributed by atoms with van der Waals surface area (Å²) >= 11 is 0. The standard InChI is InChI=1S/C21H32N2O5/c1-3-4-13-18(20(25)27-2)23-19(24)14-9-6-10-15-22-21(26)28-16-17-11-7-5-8-12-17/h5,7-8,11-12,18H,3-4,6,9-10,13-16H2,1-2H3,(H,22,26)(H,23,24)/t18-/m1/s1. The second kappa shape index (κ2) is 14.5. The van der Waals surface area contributed by atoms with Crippen molar-refractivity contribution in [2.75, 3.05) is 13.7 Å². The molecule has 0 aromatic heterocycles. The molecule has 0 heterocycles. The van der Waals surface area contributed by atoms with Crippen LogP contribution in [0, 0.1) is 0 Å². The highest BCUT2D eigenvalue weighted by Crippen LogP contribution is 2.05. The van der Waals surface area contributed by atoms with Crippen molar-refractivity contribution in [3.8, 4) is 0 Å². The average Bonchev–Trinajstić information content (AvgIpc) is 2.72. The fraction of sp³-hybridized carbons (Fsp3) is 0.571. The first-order valence-corrected chi connectivity index (χ1v) is 9.88. The van der Waals surface area contributed by atoms with Gasteiger partial charge in [0.15, 0.2) is 0 Å². The average molecular weight is 392 g/mol. The number of nitrogens with one attached hydrogen (secondary N) is 2. The maximum Gasteiger partial charge on any atom is 0.407 e. The van der Waals surface area contributed by atoms with E-state index in [2.05, 4.69) is 10.6 Å². The van der Waals surface area contributed by atoms with E-state index in [0.29, 0.717) is 25.8 Å². The molecule has 7 heteroatoms. The minimum Gasteiger partial charge on any atom is -0.467 e. The molecule has 2 amide bonds. The molecule has 0 aliphatic carbocycles. The molecule has 0 spiro atoms. The Kier molecular flexibility index (Phi) is 12.1. The van der Waals surface area contributed by atoms with Crippen LogP contribution in [0.4, 0.5) is 4.79 Å². The van der Waals surface area contributed by atoms with Crippen molar-refractivity contribution < 1.29 is 23.9 Å². The summed E-state index contributed by atoms with van der Waals surface area (Å²) in [5, 5.41) is 5.44. The summed E-state index contributed by atoms with van der Waals surface area (Å²) in [7, 11) is 1.32. The summed E-state index contributed by atoms with van der Waals surface area (Å²) in [4.78, 5) is 35.3. The number of hydrogen-bond acceptors (Lipinski definition) is 5. The van der Waals surface area contributed by atoms with Crippen LogP contribution in [0.25, 0.3) is 0 Å². The van der Waals surface area contributed by atoms with Crippen molar-refractivity contribution in [2.45, 2.75) is 64.5 Å². The number of carbonyl (C=O) groups is 3. The van der Waals surface area contributed by atoms with Gasteiger partial charge in [0, 0.05) is 13.0 Å². The fourth-order valence-electron chi connectivity index (χ4n) is 2.62. The Labute approximate surface area is 167 Å². The molecule has 0 saturated carbocycles. The van der Waals surface area contributed by atoms with Crippen LogP contribution in [0.2, 0.25) is 0 Å². The van der Waals surface area contributed by atoms with Crippen LogP contribution < -0.4 is 10.6 Å². The molecule has 156 valence electrons. The molecule has 1 atom stereocenters. The Bertz CT molecular complexity index is 592. The lowest BCUT2D eigenvalue weighted by Crippen LogP contribution is -2.41. The van der Waals surface area contributed by atoms with Gasteiger partial charge in [-0.3, -0.25) is 4.79 Å². The van der Waals surface area contributed by atoms with Crippen molar-refractivity contribution in [3.63, 3.8) is 0 Å². The van der Waals surface area contributed by atoms with Crippen molar-refractivity contribution in [2.24, 2.45) is 0 Å². The maximum absolute atomic E-state index is 12.0. The van der Waals surface area contributed by atoms with Gasteiger partial charge in [-0.25, -0.2) is 9.59 Å². The predicted molar refractivity (Wildman–Crippen MR) is 107 cm³/mol. The zero-order valence-corrected chi connectivity index (χ0v) is 16.9. The van der Waals surface area contributed by atoms with E-state index in [0.717, 1.165) is 31.2 Å². The largest absolute Gasteiger partial charge is 0.467 e. The third kappa shape index (κ3) is 10.5. The molecular weight excluding hydrogens is 360 g/mol. The highest BCUT2D eigenvalue weighted by Gasteiger charge is 2.20. The van der Waals surface area contributed by atoms with Gasteiger partial charge in [-0.1, -0.05) is 56.5 Å². The summed E-state index contributed by atoms with van der Waals surface area (Å²) in [6, 6.07) is 8.91. The summed E-state index contributed by atoms with van der Waals surface area (Å²) in [6.45, 7) is 2.77. The molecule has 0 aliphatic rings. The molecule has 0 saturated heterocycles. The zero-order chi connectivity index (χ0) is 20.6. The molecule has 0 radical (unpaired) electrons. The van der Waals surface area contributed by atoms with Gasteiger partial charge in [0.25, 0.3) is 0 Å². The number of alkyl carbamates (subject to hydrolysis) is 1. The summed E-state index contributed by atoms with van der Waals surface area (Å²) in [6.07, 6.45) is 4.53. The van der Waals surface area contributed by atoms with E-state index in [9.17, 15) is 14.4 Å². The Hall–Kier alpha value is -2.57. The van der Waals surface area contributed by atoms with Gasteiger partial charge in [-0.2, -0.15) is 0 Å². The molecule has 0 fully saturated rings. The molecule has 1 rings (SSSR count). The van der Waals surface area contributed by atoms with Gasteiger partial charge < -0.3 is 20.1 Å². The minimum absolute atomic E-state index is 0.151. The van der Waals surface area contributed by atoms with Crippen LogP contribution in [0.15, 0.2) is 30.3 Å². The number of carbonyl (C=O) groups excluding carboxylic acids is 3. The number of esters is 1. The molecule has 0 aliphatic heterocycles. The Morgan fingerprint density at radius 3 is 2.46 bits per heavy atom. The maximum atomic E-state index is 12.0. The topological polar surface area (TPSA) is 93.7 Å². The first kappa shape index (κ1) is 23.5. The Morgan fingerprint density at radius 2 is 1.79 bits per heavy atom. The Morgan fingerprint density at radius 1 is 1.04 bits per heavy atom. The number of hydrogen-bond donors (Lipinski definition) is 2. The number of methoxy groups -OCH3 is 1. The van der Waals surface area contributed by atoms with Crippen molar-refractivity contribution >= 4 is 18.0 Å². The van der Waals surface area contributed by atoms with E-state index in [4.69, 9.17) is 9.47 Å². The number of benzene rings is 1. The number of unbranched alkanes of at least 4 members (excludes halogenated alkanes) is 3. The quantitative estimate of drug-likeness (QED) is 0.397. The van der Waals surface area contributed by atoms with E-state index in [1.807, 2.05) is 37.3 Å². The van der Waals surface area contributed by atoms with Crippen molar-refractivity contribution in [3.05, 3.63) is 35.9 Å². The summed E-state index contributed by atoms with van der Waals surface area (Å²) in [5.41, 5.74) is 0.938. The first-order valence-electron chi connectivity index (χ1n) is 9.88. The smallest absolute Gasteiger partial charge is 0.407 e. The predicted octanol–water partition coefficient (Wildman–Crippen LogP) is 3.32. The van der Waals surface area contributed by atoms with E-state index in [-0.39, 0.29) is 12.5 Å². The normalized spacial score (nSPS) is 11.4. The van der Waals surface area contributed by atoms with E-state index in [1.165, 1.54) is 7.11 Å². The SMILES string of the molecule is CCCC[C@@H](NC(=O)CCCCCNC(=O)OCc1ccccc1)C(=O)OC. The molecule has 2 N–H and O–H groups in total. The van der Waals surface area contributed by atoms with Crippen molar-refractivity contribution in [1.82, 2.24) is 10.6 Å². The Balaban J connectivity index is 2.09. The molecule has 28 heavy (non-hydrogen) atoms. The van der Waals surface area contributed by atoms with Crippen LogP contribution in [0.5, 0.6) is 0 Å². The van der Waals surface area contributed by atoms with Crippen LogP contribution in [-0.4, -0.2) is 37.7 Å². The van der Waals surface area contributed by atoms with E-state index in [1.54, 1.807) is 0 Å². The van der Waals surface area contributed by atoms with Gasteiger partial charge in [0.05, 0.1) is 7.11 Å². The van der Waals surface area contributed by atoms with Crippen LogP contribution in [0.1, 0.15) is 57.4 Å². The number of amides is 2. The lowest BCUT2D eigenvalue weighted by molar-refractivity contribution is -0.145. The van der Waals surface area contributed by atoms with Gasteiger partial charge in [0.2, 0.25) is 5.91 Å². The number of rotatable bonds is 13. The molecule has 1 aromatic carbocycles. The van der Waals surface area contributed by atoms with Crippen LogP contribution in [-0.2, 0) is 25.7 Å². The second-order valence-corrected chi connectivity index (χ2v) is 6.58. The lowest BCUT2D eigenvalue weighted by Gasteiger charge is -2.16. The molecule has 1 aromatic rings. The monoisotopic (exact) mass is 392 g/mol. The van der Waals surface area contributed by atoms with E-state index < -0.39 is 18.1 Å².